The fourth-order valence-electron chi connectivity index (χ4n) is 1.95. The molecule has 4 heteroatoms. The van der Waals surface area contributed by atoms with Gasteiger partial charge < -0.3 is 10.6 Å². The number of nitrogens with zero attached hydrogens (tertiary/aromatic N) is 1. The van der Waals surface area contributed by atoms with Crippen molar-refractivity contribution in [1.82, 2.24) is 4.90 Å². The van der Waals surface area contributed by atoms with Crippen molar-refractivity contribution in [3.63, 3.8) is 0 Å². The molecular formula is C15H23ClN2O. The molecule has 1 amide bonds. The Hall–Kier alpha value is -1.22. The van der Waals surface area contributed by atoms with Crippen LogP contribution in [-0.2, 0) is 11.3 Å². The van der Waals surface area contributed by atoms with Gasteiger partial charge in [0.15, 0.2) is 0 Å². The van der Waals surface area contributed by atoms with Gasteiger partial charge >= 0.3 is 0 Å². The maximum Gasteiger partial charge on any atom is 0.222 e. The lowest BCUT2D eigenvalue weighted by Gasteiger charge is -2.18. The lowest BCUT2D eigenvalue weighted by Crippen LogP contribution is -2.26. The third-order valence-corrected chi connectivity index (χ3v) is 3.52. The zero-order chi connectivity index (χ0) is 14.3. The Bertz CT molecular complexity index is 421. The number of nitrogen functional groups attached to an aromatic ring is 1. The molecule has 0 radical (unpaired) electrons. The van der Waals surface area contributed by atoms with Gasteiger partial charge in [-0.25, -0.2) is 0 Å². The van der Waals surface area contributed by atoms with Crippen molar-refractivity contribution < 1.29 is 4.79 Å². The van der Waals surface area contributed by atoms with Gasteiger partial charge in [0.1, 0.15) is 0 Å². The molecule has 1 aromatic carbocycles. The first kappa shape index (κ1) is 15.8. The molecule has 0 heterocycles. The van der Waals surface area contributed by atoms with E-state index >= 15 is 0 Å². The van der Waals surface area contributed by atoms with E-state index in [1.54, 1.807) is 17.0 Å². The summed E-state index contributed by atoms with van der Waals surface area (Å²) < 4.78 is 0. The maximum atomic E-state index is 12.0. The van der Waals surface area contributed by atoms with E-state index in [1.165, 1.54) is 12.8 Å². The summed E-state index contributed by atoms with van der Waals surface area (Å²) >= 11 is 6.10. The van der Waals surface area contributed by atoms with Crippen molar-refractivity contribution in [2.45, 2.75) is 45.6 Å². The predicted octanol–water partition coefficient (Wildman–Crippen LogP) is 3.85. The van der Waals surface area contributed by atoms with Crippen LogP contribution in [0.15, 0.2) is 18.2 Å². The molecule has 0 fully saturated rings. The molecule has 0 saturated carbocycles. The summed E-state index contributed by atoms with van der Waals surface area (Å²) in [7, 11) is 1.81. The second kappa shape index (κ2) is 8.05. The van der Waals surface area contributed by atoms with Gasteiger partial charge in [0.2, 0.25) is 5.91 Å². The zero-order valence-corrected chi connectivity index (χ0v) is 12.5. The number of amides is 1. The van der Waals surface area contributed by atoms with Crippen LogP contribution < -0.4 is 5.73 Å². The van der Waals surface area contributed by atoms with Crippen LogP contribution >= 0.6 is 11.6 Å². The highest BCUT2D eigenvalue weighted by molar-refractivity contribution is 6.31. The Kier molecular flexibility index (Phi) is 6.71. The van der Waals surface area contributed by atoms with Gasteiger partial charge in [-0.2, -0.15) is 0 Å². The Morgan fingerprint density at radius 1 is 1.32 bits per heavy atom. The standard InChI is InChI=1S/C15H23ClN2O/c1-3-4-5-6-7-15(19)18(2)11-12-10-13(17)8-9-14(12)16/h8-10H,3-7,11,17H2,1-2H3. The van der Waals surface area contributed by atoms with Crippen molar-refractivity contribution in [3.05, 3.63) is 28.8 Å². The molecule has 0 aliphatic rings. The summed E-state index contributed by atoms with van der Waals surface area (Å²) in [5, 5.41) is 0.653. The number of carbonyl (C=O) groups excluding carboxylic acids is 1. The van der Waals surface area contributed by atoms with Crippen LogP contribution in [-0.4, -0.2) is 17.9 Å². The van der Waals surface area contributed by atoms with Gasteiger partial charge in [0.05, 0.1) is 0 Å². The highest BCUT2D eigenvalue weighted by Crippen LogP contribution is 2.20. The SMILES string of the molecule is CCCCCCC(=O)N(C)Cc1cc(N)ccc1Cl. The molecule has 0 spiro atoms. The van der Waals surface area contributed by atoms with Crippen LogP contribution in [0, 0.1) is 0 Å². The van der Waals surface area contributed by atoms with Crippen LogP contribution in [0.25, 0.3) is 0 Å². The van der Waals surface area contributed by atoms with E-state index in [-0.39, 0.29) is 5.91 Å². The largest absolute Gasteiger partial charge is 0.399 e. The molecule has 0 aliphatic heterocycles. The van der Waals surface area contributed by atoms with Gasteiger partial charge in [-0.15, -0.1) is 0 Å². The fourth-order valence-corrected chi connectivity index (χ4v) is 2.13. The highest BCUT2D eigenvalue weighted by atomic mass is 35.5. The number of halogens is 1. The third-order valence-electron chi connectivity index (χ3n) is 3.15. The van der Waals surface area contributed by atoms with Gasteiger partial charge in [0.25, 0.3) is 0 Å². The van der Waals surface area contributed by atoms with E-state index in [0.29, 0.717) is 23.7 Å². The lowest BCUT2D eigenvalue weighted by molar-refractivity contribution is -0.130. The molecule has 0 aliphatic carbocycles. The molecule has 2 N–H and O–H groups in total. The predicted molar refractivity (Wildman–Crippen MR) is 81.1 cm³/mol. The summed E-state index contributed by atoms with van der Waals surface area (Å²) in [6, 6.07) is 5.35. The molecule has 106 valence electrons. The molecule has 0 saturated heterocycles. The average Bonchev–Trinajstić information content (AvgIpc) is 2.38. The van der Waals surface area contributed by atoms with E-state index in [4.69, 9.17) is 17.3 Å². The number of nitrogens with two attached hydrogens (primary N) is 1. The average molecular weight is 283 g/mol. The molecule has 0 bridgehead atoms. The van der Waals surface area contributed by atoms with E-state index < -0.39 is 0 Å². The van der Waals surface area contributed by atoms with Gasteiger partial charge in [0, 0.05) is 30.7 Å². The van der Waals surface area contributed by atoms with Gasteiger partial charge in [-0.1, -0.05) is 37.8 Å². The normalized spacial score (nSPS) is 10.5. The molecule has 1 aromatic rings. The number of hydrogen-bond donors (Lipinski definition) is 1. The van der Waals surface area contributed by atoms with Crippen LogP contribution in [0.2, 0.25) is 5.02 Å². The van der Waals surface area contributed by atoms with E-state index in [2.05, 4.69) is 6.92 Å². The summed E-state index contributed by atoms with van der Waals surface area (Å²) in [6.45, 7) is 2.67. The first-order valence-corrected chi connectivity index (χ1v) is 7.20. The second-order valence-corrected chi connectivity index (χ2v) is 5.32. The van der Waals surface area contributed by atoms with E-state index in [1.807, 2.05) is 13.1 Å². The minimum atomic E-state index is 0.162. The first-order valence-electron chi connectivity index (χ1n) is 6.82. The number of unbranched alkanes of at least 4 members (excludes halogenated alkanes) is 3. The van der Waals surface area contributed by atoms with Gasteiger partial charge in [-0.3, -0.25) is 4.79 Å². The number of anilines is 1. The number of rotatable bonds is 7. The Labute approximate surface area is 120 Å². The molecule has 0 unspecified atom stereocenters. The second-order valence-electron chi connectivity index (χ2n) is 4.91. The molecule has 1 rings (SSSR count). The Balaban J connectivity index is 2.47. The van der Waals surface area contributed by atoms with Crippen LogP contribution in [0.5, 0.6) is 0 Å². The van der Waals surface area contributed by atoms with Crippen molar-refractivity contribution >= 4 is 23.2 Å². The summed E-state index contributed by atoms with van der Waals surface area (Å²) in [4.78, 5) is 13.7. The van der Waals surface area contributed by atoms with Crippen molar-refractivity contribution in [2.75, 3.05) is 12.8 Å². The number of carbonyl (C=O) groups is 1. The van der Waals surface area contributed by atoms with Crippen molar-refractivity contribution in [2.24, 2.45) is 0 Å². The van der Waals surface area contributed by atoms with Crippen molar-refractivity contribution in [3.8, 4) is 0 Å². The highest BCUT2D eigenvalue weighted by Gasteiger charge is 2.11. The van der Waals surface area contributed by atoms with Crippen LogP contribution in [0.3, 0.4) is 0 Å². The first-order chi connectivity index (χ1) is 9.04. The minimum Gasteiger partial charge on any atom is -0.399 e. The van der Waals surface area contributed by atoms with Gasteiger partial charge in [-0.05, 0) is 30.2 Å². The summed E-state index contributed by atoms with van der Waals surface area (Å²) in [5.74, 6) is 0.162. The maximum absolute atomic E-state index is 12.0. The smallest absolute Gasteiger partial charge is 0.222 e. The lowest BCUT2D eigenvalue weighted by atomic mass is 10.1. The quantitative estimate of drug-likeness (QED) is 0.610. The molecule has 3 nitrogen and oxygen atoms in total. The minimum absolute atomic E-state index is 0.162. The molecule has 19 heavy (non-hydrogen) atoms. The van der Waals surface area contributed by atoms with Crippen LogP contribution in [0.4, 0.5) is 5.69 Å². The van der Waals surface area contributed by atoms with Crippen molar-refractivity contribution in [1.29, 1.82) is 0 Å². The summed E-state index contributed by atoms with van der Waals surface area (Å²) in [5.41, 5.74) is 7.29. The third kappa shape index (κ3) is 5.52. The molecular weight excluding hydrogens is 260 g/mol. The topological polar surface area (TPSA) is 46.3 Å². The zero-order valence-electron chi connectivity index (χ0n) is 11.8. The van der Waals surface area contributed by atoms with E-state index in [9.17, 15) is 4.79 Å². The summed E-state index contributed by atoms with van der Waals surface area (Å²) in [6.07, 6.45) is 5.06. The monoisotopic (exact) mass is 282 g/mol. The number of benzene rings is 1. The Morgan fingerprint density at radius 2 is 2.05 bits per heavy atom. The fraction of sp³-hybridized carbons (Fsp3) is 0.533. The molecule has 0 atom stereocenters. The van der Waals surface area contributed by atoms with Crippen LogP contribution in [0.1, 0.15) is 44.6 Å². The number of hydrogen-bond acceptors (Lipinski definition) is 2. The Morgan fingerprint density at radius 3 is 2.74 bits per heavy atom. The van der Waals surface area contributed by atoms with E-state index in [0.717, 1.165) is 18.4 Å². The molecule has 0 aromatic heterocycles.